The quantitative estimate of drug-likeness (QED) is 0.522. The Morgan fingerprint density at radius 1 is 1.19 bits per heavy atom. The summed E-state index contributed by atoms with van der Waals surface area (Å²) >= 11 is 2.89. The molecule has 0 saturated carbocycles. The molecule has 0 atom stereocenters. The first kappa shape index (κ1) is 16.9. The number of fused-ring (bicyclic) bond motifs is 2. The largest absolute Gasteiger partial charge is 0.497 e. The fourth-order valence-corrected chi connectivity index (χ4v) is 4.68. The van der Waals surface area contributed by atoms with Crippen LogP contribution in [0.1, 0.15) is 23.1 Å². The van der Waals surface area contributed by atoms with Gasteiger partial charge in [0.05, 0.1) is 27.5 Å². The van der Waals surface area contributed by atoms with Crippen molar-refractivity contribution in [3.63, 3.8) is 0 Å². The standard InChI is InChI=1S/C19H17N3O2S2/c1-3-10-22-14-11-12(24-2)8-9-16(14)26-19(22)21-17(23)18-20-13-6-4-5-7-15(13)25-18/h4-9,11H,3,10H2,1-2H3. The molecule has 2 aromatic carbocycles. The monoisotopic (exact) mass is 383 g/mol. The molecule has 2 aromatic heterocycles. The molecule has 2 heterocycles. The van der Waals surface area contributed by atoms with E-state index >= 15 is 0 Å². The number of para-hydroxylation sites is 1. The molecule has 5 nitrogen and oxygen atoms in total. The Morgan fingerprint density at radius 3 is 2.81 bits per heavy atom. The van der Waals surface area contributed by atoms with E-state index in [1.165, 1.54) is 22.7 Å². The minimum atomic E-state index is -0.297. The lowest BCUT2D eigenvalue weighted by atomic mass is 10.3. The second kappa shape index (κ2) is 7.01. The molecule has 4 aromatic rings. The van der Waals surface area contributed by atoms with Gasteiger partial charge < -0.3 is 9.30 Å². The zero-order valence-electron chi connectivity index (χ0n) is 14.4. The summed E-state index contributed by atoms with van der Waals surface area (Å²) in [7, 11) is 1.65. The van der Waals surface area contributed by atoms with E-state index in [9.17, 15) is 4.79 Å². The third-order valence-corrected chi connectivity index (χ3v) is 6.09. The van der Waals surface area contributed by atoms with Gasteiger partial charge in [-0.2, -0.15) is 4.99 Å². The van der Waals surface area contributed by atoms with Crippen LogP contribution in [-0.2, 0) is 6.54 Å². The molecule has 0 spiro atoms. The molecule has 0 bridgehead atoms. The predicted octanol–water partition coefficient (Wildman–Crippen LogP) is 4.47. The summed E-state index contributed by atoms with van der Waals surface area (Å²) in [5.41, 5.74) is 1.87. The molecule has 0 radical (unpaired) electrons. The normalized spacial score (nSPS) is 12.2. The summed E-state index contributed by atoms with van der Waals surface area (Å²) in [6.07, 6.45) is 0.950. The van der Waals surface area contributed by atoms with Crippen molar-refractivity contribution in [2.45, 2.75) is 19.9 Å². The van der Waals surface area contributed by atoms with E-state index in [0.29, 0.717) is 9.81 Å². The molecule has 7 heteroatoms. The fourth-order valence-electron chi connectivity index (χ4n) is 2.80. The predicted molar refractivity (Wildman–Crippen MR) is 106 cm³/mol. The van der Waals surface area contributed by atoms with Crippen molar-refractivity contribution in [2.24, 2.45) is 4.99 Å². The Balaban J connectivity index is 1.83. The Bertz CT molecular complexity index is 1140. The maximum absolute atomic E-state index is 12.7. The van der Waals surface area contributed by atoms with Gasteiger partial charge in [0.2, 0.25) is 0 Å². The first-order chi connectivity index (χ1) is 12.7. The molecule has 132 valence electrons. The van der Waals surface area contributed by atoms with E-state index in [1.807, 2.05) is 42.5 Å². The fraction of sp³-hybridized carbons (Fsp3) is 0.211. The summed E-state index contributed by atoms with van der Waals surface area (Å²) in [4.78, 5) is 22.2. The zero-order chi connectivity index (χ0) is 18.1. The molecule has 0 unspecified atom stereocenters. The smallest absolute Gasteiger partial charge is 0.308 e. The van der Waals surface area contributed by atoms with Crippen molar-refractivity contribution in [3.05, 3.63) is 52.3 Å². The van der Waals surface area contributed by atoms with Crippen LogP contribution in [0.5, 0.6) is 5.75 Å². The van der Waals surface area contributed by atoms with Gasteiger partial charge in [-0.1, -0.05) is 30.4 Å². The van der Waals surface area contributed by atoms with Gasteiger partial charge in [0.25, 0.3) is 0 Å². The minimum absolute atomic E-state index is 0.297. The number of hydrogen-bond donors (Lipinski definition) is 0. The molecule has 0 N–H and O–H groups in total. The lowest BCUT2D eigenvalue weighted by Gasteiger charge is -2.04. The van der Waals surface area contributed by atoms with Crippen molar-refractivity contribution >= 4 is 49.0 Å². The van der Waals surface area contributed by atoms with Crippen LogP contribution < -0.4 is 9.54 Å². The van der Waals surface area contributed by atoms with Gasteiger partial charge >= 0.3 is 5.91 Å². The summed E-state index contributed by atoms with van der Waals surface area (Å²) in [6, 6.07) is 13.7. The highest BCUT2D eigenvalue weighted by Crippen LogP contribution is 2.24. The number of carbonyl (C=O) groups excluding carboxylic acids is 1. The Hall–Kier alpha value is -2.51. The number of carbonyl (C=O) groups is 1. The van der Waals surface area contributed by atoms with Crippen LogP contribution in [0.25, 0.3) is 20.4 Å². The summed E-state index contributed by atoms with van der Waals surface area (Å²) in [6.45, 7) is 2.90. The minimum Gasteiger partial charge on any atom is -0.497 e. The number of benzene rings is 2. The lowest BCUT2D eigenvalue weighted by molar-refractivity contribution is 0.0997. The number of methoxy groups -OCH3 is 1. The zero-order valence-corrected chi connectivity index (χ0v) is 16.1. The van der Waals surface area contributed by atoms with Crippen LogP contribution in [0.3, 0.4) is 0 Å². The highest BCUT2D eigenvalue weighted by atomic mass is 32.1. The van der Waals surface area contributed by atoms with Crippen molar-refractivity contribution in [1.82, 2.24) is 9.55 Å². The van der Waals surface area contributed by atoms with Crippen LogP contribution in [0, 0.1) is 0 Å². The molecular formula is C19H17N3O2S2. The average Bonchev–Trinajstić information content (AvgIpc) is 3.23. The van der Waals surface area contributed by atoms with E-state index in [-0.39, 0.29) is 5.91 Å². The molecular weight excluding hydrogens is 366 g/mol. The van der Waals surface area contributed by atoms with Crippen LogP contribution >= 0.6 is 22.7 Å². The van der Waals surface area contributed by atoms with Crippen LogP contribution in [0.4, 0.5) is 0 Å². The lowest BCUT2D eigenvalue weighted by Crippen LogP contribution is -2.16. The third-order valence-electron chi connectivity index (χ3n) is 4.01. The average molecular weight is 383 g/mol. The van der Waals surface area contributed by atoms with Crippen molar-refractivity contribution in [2.75, 3.05) is 7.11 Å². The van der Waals surface area contributed by atoms with Crippen LogP contribution in [0.15, 0.2) is 47.5 Å². The number of hydrogen-bond acceptors (Lipinski definition) is 5. The van der Waals surface area contributed by atoms with Crippen molar-refractivity contribution < 1.29 is 9.53 Å². The Kier molecular flexibility index (Phi) is 4.57. The van der Waals surface area contributed by atoms with Crippen molar-refractivity contribution in [1.29, 1.82) is 0 Å². The first-order valence-electron chi connectivity index (χ1n) is 8.31. The Morgan fingerprint density at radius 2 is 2.04 bits per heavy atom. The highest BCUT2D eigenvalue weighted by molar-refractivity contribution is 7.20. The number of thiazole rings is 2. The van der Waals surface area contributed by atoms with Gasteiger partial charge in [-0.25, -0.2) is 4.98 Å². The number of ether oxygens (including phenoxy) is 1. The van der Waals surface area contributed by atoms with E-state index < -0.39 is 0 Å². The van der Waals surface area contributed by atoms with E-state index in [1.54, 1.807) is 7.11 Å². The molecule has 0 aliphatic carbocycles. The molecule has 0 aliphatic rings. The van der Waals surface area contributed by atoms with Gasteiger partial charge in [-0.05, 0) is 30.7 Å². The van der Waals surface area contributed by atoms with E-state index in [4.69, 9.17) is 4.74 Å². The van der Waals surface area contributed by atoms with Gasteiger partial charge in [0, 0.05) is 12.6 Å². The second-order valence-corrected chi connectivity index (χ2v) is 7.81. The summed E-state index contributed by atoms with van der Waals surface area (Å²) in [5, 5.41) is 0.421. The van der Waals surface area contributed by atoms with Gasteiger partial charge in [0.15, 0.2) is 9.81 Å². The number of rotatable bonds is 4. The number of nitrogens with zero attached hydrogens (tertiary/aromatic N) is 3. The third kappa shape index (κ3) is 3.04. The SMILES string of the molecule is CCCn1c(=NC(=O)c2nc3ccccc3s2)sc2ccc(OC)cc21. The molecule has 26 heavy (non-hydrogen) atoms. The molecule has 0 fully saturated rings. The molecule has 1 amide bonds. The molecule has 0 aliphatic heterocycles. The molecule has 0 saturated heterocycles. The number of aromatic nitrogens is 2. The Labute approximate surface area is 158 Å². The number of aryl methyl sites for hydroxylation is 1. The summed E-state index contributed by atoms with van der Waals surface area (Å²) in [5.74, 6) is 0.499. The molecule has 4 rings (SSSR count). The number of amides is 1. The maximum Gasteiger partial charge on any atom is 0.308 e. The summed E-state index contributed by atoms with van der Waals surface area (Å²) < 4.78 is 9.48. The van der Waals surface area contributed by atoms with Crippen molar-refractivity contribution in [3.8, 4) is 5.75 Å². The topological polar surface area (TPSA) is 56.5 Å². The maximum atomic E-state index is 12.7. The van der Waals surface area contributed by atoms with Gasteiger partial charge in [-0.3, -0.25) is 4.79 Å². The van der Waals surface area contributed by atoms with E-state index in [0.717, 1.165) is 39.1 Å². The first-order valence-corrected chi connectivity index (χ1v) is 9.95. The van der Waals surface area contributed by atoms with Crippen LogP contribution in [0.2, 0.25) is 0 Å². The second-order valence-electron chi connectivity index (χ2n) is 5.77. The van der Waals surface area contributed by atoms with Gasteiger partial charge in [0.1, 0.15) is 5.75 Å². The van der Waals surface area contributed by atoms with Gasteiger partial charge in [-0.15, -0.1) is 11.3 Å². The van der Waals surface area contributed by atoms with E-state index in [2.05, 4.69) is 21.5 Å². The highest BCUT2D eigenvalue weighted by Gasteiger charge is 2.13. The van der Waals surface area contributed by atoms with Crippen LogP contribution in [-0.4, -0.2) is 22.6 Å².